The first kappa shape index (κ1) is 40.8. The molecule has 2 aliphatic carbocycles. The van der Waals surface area contributed by atoms with Crippen molar-refractivity contribution in [3.63, 3.8) is 0 Å². The zero-order chi connectivity index (χ0) is 36.5. The number of ether oxygens (including phenoxy) is 4. The molecule has 8 nitrogen and oxygen atoms in total. The van der Waals surface area contributed by atoms with Crippen molar-refractivity contribution in [1.29, 1.82) is 0 Å². The van der Waals surface area contributed by atoms with E-state index in [9.17, 15) is 19.2 Å². The first-order valence-corrected chi connectivity index (χ1v) is 19.2. The fourth-order valence-corrected chi connectivity index (χ4v) is 7.93. The molecule has 4 rings (SSSR count). The van der Waals surface area contributed by atoms with Crippen LogP contribution >= 0.6 is 69.6 Å². The van der Waals surface area contributed by atoms with Gasteiger partial charge in [0.1, 0.15) is 11.1 Å². The normalized spacial score (nSPS) is 21.5. The largest absolute Gasteiger partial charge is 0.462 e. The zero-order valence-corrected chi connectivity index (χ0v) is 32.4. The van der Waals surface area contributed by atoms with Gasteiger partial charge in [-0.3, -0.25) is 0 Å². The Morgan fingerprint density at radius 1 is 0.540 bits per heavy atom. The summed E-state index contributed by atoms with van der Waals surface area (Å²) in [6, 6.07) is 2.29. The van der Waals surface area contributed by atoms with Crippen molar-refractivity contribution in [3.8, 4) is 11.5 Å². The molecule has 4 unspecified atom stereocenters. The van der Waals surface area contributed by atoms with Crippen molar-refractivity contribution in [2.75, 3.05) is 13.2 Å². The van der Waals surface area contributed by atoms with Crippen molar-refractivity contribution < 1.29 is 38.1 Å². The van der Waals surface area contributed by atoms with Gasteiger partial charge in [0.25, 0.3) is 0 Å². The molecule has 14 heteroatoms. The maximum absolute atomic E-state index is 13.4. The Balaban J connectivity index is 1.52. The van der Waals surface area contributed by atoms with Crippen LogP contribution in [0.25, 0.3) is 0 Å². The van der Waals surface area contributed by atoms with Crippen molar-refractivity contribution in [2.24, 2.45) is 23.7 Å². The molecule has 50 heavy (non-hydrogen) atoms. The van der Waals surface area contributed by atoms with Gasteiger partial charge in [-0.05, 0) is 48.6 Å². The summed E-state index contributed by atoms with van der Waals surface area (Å²) in [5, 5.41) is -1.40. The van der Waals surface area contributed by atoms with Crippen LogP contribution in [0.3, 0.4) is 0 Å². The molecule has 2 aromatic rings. The fraction of sp³-hybridized carbons (Fsp3) is 0.556. The van der Waals surface area contributed by atoms with Crippen LogP contribution in [-0.4, -0.2) is 37.1 Å². The third kappa shape index (κ3) is 10.6. The van der Waals surface area contributed by atoms with Gasteiger partial charge in [0.15, 0.2) is 11.5 Å². The van der Waals surface area contributed by atoms with Gasteiger partial charge in [-0.15, -0.1) is 0 Å². The monoisotopic (exact) mass is 810 g/mol. The molecule has 0 heterocycles. The maximum atomic E-state index is 13.4. The Bertz CT molecular complexity index is 1470. The standard InChI is InChI=1S/C36H40Cl6O8/c1-19-11-7-3-5-9-13-21(19)17-47-33(43)27-29(41)23(37)15-25(39)31(27)49-35(45)36(46)50-32-26(40)16-24(38)30(42)28(32)34(44)48-18-22-14-10-6-4-8-12-20(22)2/h15-16,19-22H,3-14,17-18H2,1-2H3. The Morgan fingerprint density at radius 2 is 0.880 bits per heavy atom. The lowest BCUT2D eigenvalue weighted by Gasteiger charge is -2.26. The SMILES string of the molecule is CC1CCCCCCC1COC(=O)c1c(Cl)c(Cl)cc(Cl)c1OC(=O)C(=O)Oc1c(Cl)cc(Cl)c(Cl)c1C(=O)OCC1CCCCCCC1C. The van der Waals surface area contributed by atoms with E-state index in [2.05, 4.69) is 13.8 Å². The van der Waals surface area contributed by atoms with Gasteiger partial charge in [-0.2, -0.15) is 0 Å². The van der Waals surface area contributed by atoms with Gasteiger partial charge in [-0.25, -0.2) is 19.2 Å². The number of benzene rings is 2. The van der Waals surface area contributed by atoms with E-state index in [1.807, 2.05) is 0 Å². The molecule has 0 amide bonds. The first-order chi connectivity index (χ1) is 23.8. The van der Waals surface area contributed by atoms with Crippen LogP contribution in [0.15, 0.2) is 12.1 Å². The van der Waals surface area contributed by atoms with Crippen molar-refractivity contribution >= 4 is 93.5 Å². The van der Waals surface area contributed by atoms with Gasteiger partial charge in [0.2, 0.25) is 0 Å². The summed E-state index contributed by atoms with van der Waals surface area (Å²) in [5.41, 5.74) is -0.881. The summed E-state index contributed by atoms with van der Waals surface area (Å²) < 4.78 is 21.8. The van der Waals surface area contributed by atoms with Gasteiger partial charge in [0.05, 0.1) is 43.3 Å². The van der Waals surface area contributed by atoms with E-state index in [4.69, 9.17) is 88.6 Å². The maximum Gasteiger partial charge on any atom is 0.423 e. The molecular formula is C36H40Cl6O8. The summed E-state index contributed by atoms with van der Waals surface area (Å²) in [4.78, 5) is 53.0. The summed E-state index contributed by atoms with van der Waals surface area (Å²) >= 11 is 37.8. The van der Waals surface area contributed by atoms with Crippen molar-refractivity contribution in [2.45, 2.75) is 90.9 Å². The van der Waals surface area contributed by atoms with Crippen molar-refractivity contribution in [1.82, 2.24) is 0 Å². The molecule has 2 aromatic carbocycles. The number of hydrogen-bond donors (Lipinski definition) is 0. The number of carbonyl (C=O) groups excluding carboxylic acids is 4. The summed E-state index contributed by atoms with van der Waals surface area (Å²) in [7, 11) is 0. The van der Waals surface area contributed by atoms with Gasteiger partial charge < -0.3 is 18.9 Å². The van der Waals surface area contributed by atoms with E-state index in [0.29, 0.717) is 11.8 Å². The molecule has 274 valence electrons. The molecular weight excluding hydrogens is 773 g/mol. The minimum Gasteiger partial charge on any atom is -0.462 e. The van der Waals surface area contributed by atoms with Crippen LogP contribution in [0.4, 0.5) is 0 Å². The lowest BCUT2D eigenvalue weighted by atomic mass is 9.83. The molecule has 4 atom stereocenters. The average Bonchev–Trinajstić information content (AvgIpc) is 3.05. The van der Waals surface area contributed by atoms with E-state index < -0.39 is 46.5 Å². The highest BCUT2D eigenvalue weighted by molar-refractivity contribution is 6.47. The van der Waals surface area contributed by atoms with Crippen LogP contribution in [0.2, 0.25) is 30.1 Å². The zero-order valence-electron chi connectivity index (χ0n) is 27.9. The van der Waals surface area contributed by atoms with Crippen LogP contribution in [0.1, 0.15) is 112 Å². The first-order valence-electron chi connectivity index (χ1n) is 16.9. The lowest BCUT2D eigenvalue weighted by Crippen LogP contribution is -2.28. The topological polar surface area (TPSA) is 105 Å². The van der Waals surface area contributed by atoms with Gasteiger partial charge in [0, 0.05) is 0 Å². The van der Waals surface area contributed by atoms with Gasteiger partial charge >= 0.3 is 23.9 Å². The molecule has 2 fully saturated rings. The Labute approximate surface area is 322 Å². The number of carbonyl (C=O) groups is 4. The van der Waals surface area contributed by atoms with E-state index in [1.165, 1.54) is 12.8 Å². The third-order valence-electron chi connectivity index (χ3n) is 9.65. The fourth-order valence-electron chi connectivity index (χ4n) is 6.49. The molecule has 0 radical (unpaired) electrons. The summed E-state index contributed by atoms with van der Waals surface area (Å²) in [6.45, 7) is 4.45. The highest BCUT2D eigenvalue weighted by Gasteiger charge is 2.33. The minimum absolute atomic E-state index is 0.101. The van der Waals surface area contributed by atoms with Crippen LogP contribution in [0.5, 0.6) is 11.5 Å². The summed E-state index contributed by atoms with van der Waals surface area (Å²) in [5.74, 6) is -5.38. The van der Waals surface area contributed by atoms with E-state index in [0.717, 1.165) is 76.3 Å². The second-order valence-electron chi connectivity index (χ2n) is 13.2. The highest BCUT2D eigenvalue weighted by atomic mass is 35.5. The highest BCUT2D eigenvalue weighted by Crippen LogP contribution is 2.42. The summed E-state index contributed by atoms with van der Waals surface area (Å²) in [6.07, 6.45) is 12.6. The predicted octanol–water partition coefficient (Wildman–Crippen LogP) is 11.6. The van der Waals surface area contributed by atoms with Gasteiger partial charge in [-0.1, -0.05) is 148 Å². The van der Waals surface area contributed by atoms with E-state index >= 15 is 0 Å². The number of halogens is 6. The van der Waals surface area contributed by atoms with E-state index in [1.54, 1.807) is 0 Å². The smallest absolute Gasteiger partial charge is 0.423 e. The number of esters is 4. The molecule has 0 bridgehead atoms. The Kier molecular flexibility index (Phi) is 15.7. The molecule has 0 N–H and O–H groups in total. The van der Waals surface area contributed by atoms with E-state index in [-0.39, 0.29) is 55.2 Å². The quantitative estimate of drug-likeness (QED) is 0.112. The van der Waals surface area contributed by atoms with Crippen LogP contribution in [0, 0.1) is 23.7 Å². The number of hydrogen-bond acceptors (Lipinski definition) is 8. The average molecular weight is 813 g/mol. The Morgan fingerprint density at radius 3 is 1.24 bits per heavy atom. The Hall–Kier alpha value is -1.94. The number of rotatable bonds is 8. The van der Waals surface area contributed by atoms with Crippen molar-refractivity contribution in [3.05, 3.63) is 53.4 Å². The second kappa shape index (κ2) is 19.2. The third-order valence-corrected chi connectivity index (χ3v) is 11.8. The molecule has 2 saturated carbocycles. The molecule has 0 spiro atoms. The molecule has 0 saturated heterocycles. The predicted molar refractivity (Wildman–Crippen MR) is 195 cm³/mol. The lowest BCUT2D eigenvalue weighted by molar-refractivity contribution is -0.156. The minimum atomic E-state index is -1.63. The second-order valence-corrected chi connectivity index (χ2v) is 15.5. The van der Waals surface area contributed by atoms with Crippen LogP contribution in [-0.2, 0) is 19.1 Å². The molecule has 0 aliphatic heterocycles. The molecule has 0 aromatic heterocycles. The van der Waals surface area contributed by atoms with Crippen LogP contribution < -0.4 is 9.47 Å². The molecule has 2 aliphatic rings.